The Balaban J connectivity index is 3.04. The van der Waals surface area contributed by atoms with E-state index in [1.807, 2.05) is 20.8 Å². The van der Waals surface area contributed by atoms with Gasteiger partial charge in [-0.1, -0.05) is 13.8 Å². The highest BCUT2D eigenvalue weighted by Gasteiger charge is 2.54. The molecule has 72 valence electrons. The molecule has 0 aliphatic heterocycles. The summed E-state index contributed by atoms with van der Waals surface area (Å²) in [5.74, 6) is -1.15. The van der Waals surface area contributed by atoms with E-state index in [-0.39, 0.29) is 5.92 Å². The average Bonchev–Trinajstić information content (AvgIpc) is 2.24. The summed E-state index contributed by atoms with van der Waals surface area (Å²) in [7, 11) is 0. The fourth-order valence-electron chi connectivity index (χ4n) is 2.13. The highest BCUT2D eigenvalue weighted by Crippen LogP contribution is 2.55. The molecule has 3 heteroatoms. The largest absolute Gasteiger partial charge is 0.481 e. The SMILES string of the molecule is CC1(C)[C@@H](C(=O)O)CC[C@@]1(C)C#N. The van der Waals surface area contributed by atoms with Crippen molar-refractivity contribution < 1.29 is 9.90 Å². The van der Waals surface area contributed by atoms with Crippen LogP contribution in [0, 0.1) is 28.1 Å². The van der Waals surface area contributed by atoms with Gasteiger partial charge < -0.3 is 5.11 Å². The van der Waals surface area contributed by atoms with Crippen LogP contribution in [0.5, 0.6) is 0 Å². The Hall–Kier alpha value is -1.04. The first kappa shape index (κ1) is 10.0. The van der Waals surface area contributed by atoms with E-state index in [4.69, 9.17) is 10.4 Å². The maximum absolute atomic E-state index is 10.9. The van der Waals surface area contributed by atoms with Gasteiger partial charge in [0.2, 0.25) is 0 Å². The predicted molar refractivity (Wildman–Crippen MR) is 47.9 cm³/mol. The molecule has 13 heavy (non-hydrogen) atoms. The lowest BCUT2D eigenvalue weighted by atomic mass is 9.66. The summed E-state index contributed by atoms with van der Waals surface area (Å²) in [4.78, 5) is 10.9. The standard InChI is InChI=1S/C10H15NO2/c1-9(2)7(8(12)13)4-5-10(9,3)6-11/h7H,4-5H2,1-3H3,(H,12,13)/t7-,10+/m1/s1. The van der Waals surface area contributed by atoms with Crippen LogP contribution in [0.15, 0.2) is 0 Å². The van der Waals surface area contributed by atoms with Gasteiger partial charge >= 0.3 is 5.97 Å². The molecule has 0 spiro atoms. The van der Waals surface area contributed by atoms with E-state index in [1.165, 1.54) is 0 Å². The third kappa shape index (κ3) is 1.21. The smallest absolute Gasteiger partial charge is 0.307 e. The number of nitriles is 1. The minimum Gasteiger partial charge on any atom is -0.481 e. The van der Waals surface area contributed by atoms with Crippen LogP contribution in [0.25, 0.3) is 0 Å². The lowest BCUT2D eigenvalue weighted by Gasteiger charge is -2.34. The summed E-state index contributed by atoms with van der Waals surface area (Å²) in [5.41, 5.74) is -0.913. The molecule has 1 fully saturated rings. The molecule has 1 rings (SSSR count). The lowest BCUT2D eigenvalue weighted by molar-refractivity contribution is -0.145. The summed E-state index contributed by atoms with van der Waals surface area (Å²) in [5, 5.41) is 18.0. The topological polar surface area (TPSA) is 61.1 Å². The molecule has 0 unspecified atom stereocenters. The number of aliphatic carboxylic acids is 1. The molecule has 0 aromatic carbocycles. The van der Waals surface area contributed by atoms with E-state index < -0.39 is 16.8 Å². The zero-order valence-corrected chi connectivity index (χ0v) is 8.29. The van der Waals surface area contributed by atoms with Crippen molar-refractivity contribution in [1.29, 1.82) is 5.26 Å². The van der Waals surface area contributed by atoms with Gasteiger partial charge in [0.25, 0.3) is 0 Å². The van der Waals surface area contributed by atoms with Crippen molar-refractivity contribution in [3.05, 3.63) is 0 Å². The zero-order valence-electron chi connectivity index (χ0n) is 8.29. The highest BCUT2D eigenvalue weighted by atomic mass is 16.4. The number of carboxylic acid groups (broad SMARTS) is 1. The monoisotopic (exact) mass is 181 g/mol. The van der Waals surface area contributed by atoms with Crippen LogP contribution in [0.2, 0.25) is 0 Å². The Bertz CT molecular complexity index is 277. The van der Waals surface area contributed by atoms with Gasteiger partial charge in [0.1, 0.15) is 0 Å². The number of nitrogens with zero attached hydrogens (tertiary/aromatic N) is 1. The van der Waals surface area contributed by atoms with Crippen LogP contribution in [-0.4, -0.2) is 11.1 Å². The first-order chi connectivity index (χ1) is 5.85. The van der Waals surface area contributed by atoms with Crippen molar-refractivity contribution in [2.24, 2.45) is 16.7 Å². The van der Waals surface area contributed by atoms with E-state index in [0.29, 0.717) is 12.8 Å². The van der Waals surface area contributed by atoms with E-state index in [0.717, 1.165) is 0 Å². The van der Waals surface area contributed by atoms with E-state index in [2.05, 4.69) is 6.07 Å². The second-order valence-corrected chi connectivity index (χ2v) is 4.60. The van der Waals surface area contributed by atoms with Gasteiger partial charge in [0.05, 0.1) is 17.4 Å². The van der Waals surface area contributed by atoms with E-state index in [1.54, 1.807) is 0 Å². The molecular formula is C10H15NO2. The van der Waals surface area contributed by atoms with Crippen molar-refractivity contribution in [3.8, 4) is 6.07 Å². The summed E-state index contributed by atoms with van der Waals surface area (Å²) < 4.78 is 0. The van der Waals surface area contributed by atoms with Gasteiger partial charge in [0.15, 0.2) is 0 Å². The average molecular weight is 181 g/mol. The summed E-state index contributed by atoms with van der Waals surface area (Å²) >= 11 is 0. The van der Waals surface area contributed by atoms with Crippen LogP contribution >= 0.6 is 0 Å². The van der Waals surface area contributed by atoms with Crippen molar-refractivity contribution in [2.75, 3.05) is 0 Å². The van der Waals surface area contributed by atoms with Crippen LogP contribution in [-0.2, 0) is 4.79 Å². The molecule has 1 saturated carbocycles. The summed E-state index contributed by atoms with van der Waals surface area (Å²) in [6.07, 6.45) is 1.31. The fourth-order valence-corrected chi connectivity index (χ4v) is 2.13. The molecule has 0 aromatic rings. The normalized spacial score (nSPS) is 36.9. The molecular weight excluding hydrogens is 166 g/mol. The molecule has 0 amide bonds. The van der Waals surface area contributed by atoms with Crippen LogP contribution < -0.4 is 0 Å². The number of carbonyl (C=O) groups is 1. The Morgan fingerprint density at radius 3 is 2.31 bits per heavy atom. The number of hydrogen-bond donors (Lipinski definition) is 1. The van der Waals surface area contributed by atoms with Gasteiger partial charge in [0, 0.05) is 0 Å². The molecule has 2 atom stereocenters. The number of hydrogen-bond acceptors (Lipinski definition) is 2. The number of rotatable bonds is 1. The molecule has 0 aromatic heterocycles. The molecule has 0 saturated heterocycles. The molecule has 1 N–H and O–H groups in total. The van der Waals surface area contributed by atoms with Crippen molar-refractivity contribution >= 4 is 5.97 Å². The van der Waals surface area contributed by atoms with Crippen LogP contribution in [0.3, 0.4) is 0 Å². The fraction of sp³-hybridized carbons (Fsp3) is 0.800. The van der Waals surface area contributed by atoms with Gasteiger partial charge in [-0.15, -0.1) is 0 Å². The Morgan fingerprint density at radius 2 is 2.08 bits per heavy atom. The second-order valence-electron chi connectivity index (χ2n) is 4.60. The Kier molecular flexibility index (Phi) is 2.11. The van der Waals surface area contributed by atoms with Gasteiger partial charge in [-0.2, -0.15) is 5.26 Å². The van der Waals surface area contributed by atoms with Gasteiger partial charge in [-0.3, -0.25) is 4.79 Å². The highest BCUT2D eigenvalue weighted by molar-refractivity contribution is 5.72. The van der Waals surface area contributed by atoms with E-state index >= 15 is 0 Å². The Labute approximate surface area is 78.4 Å². The van der Waals surface area contributed by atoms with Gasteiger partial charge in [-0.25, -0.2) is 0 Å². The maximum atomic E-state index is 10.9. The minimum absolute atomic E-state index is 0.378. The first-order valence-electron chi connectivity index (χ1n) is 4.49. The molecule has 3 nitrogen and oxygen atoms in total. The second kappa shape index (κ2) is 2.73. The summed E-state index contributed by atoms with van der Waals surface area (Å²) in [6, 6.07) is 2.25. The third-order valence-electron chi connectivity index (χ3n) is 3.77. The third-order valence-corrected chi connectivity index (χ3v) is 3.77. The van der Waals surface area contributed by atoms with Gasteiger partial charge in [-0.05, 0) is 25.2 Å². The van der Waals surface area contributed by atoms with Crippen LogP contribution in [0.4, 0.5) is 0 Å². The molecule has 0 radical (unpaired) electrons. The summed E-state index contributed by atoms with van der Waals surface area (Å²) in [6.45, 7) is 5.61. The number of carboxylic acids is 1. The zero-order chi connectivity index (χ0) is 10.3. The van der Waals surface area contributed by atoms with Crippen molar-refractivity contribution in [1.82, 2.24) is 0 Å². The Morgan fingerprint density at radius 1 is 1.54 bits per heavy atom. The maximum Gasteiger partial charge on any atom is 0.307 e. The van der Waals surface area contributed by atoms with E-state index in [9.17, 15) is 4.79 Å². The minimum atomic E-state index is -0.774. The lowest BCUT2D eigenvalue weighted by Crippen LogP contribution is -2.36. The molecule has 1 aliphatic rings. The van der Waals surface area contributed by atoms with Crippen molar-refractivity contribution in [2.45, 2.75) is 33.6 Å². The first-order valence-corrected chi connectivity index (χ1v) is 4.49. The van der Waals surface area contributed by atoms with Crippen molar-refractivity contribution in [3.63, 3.8) is 0 Å². The molecule has 0 bridgehead atoms. The van der Waals surface area contributed by atoms with Crippen LogP contribution in [0.1, 0.15) is 33.6 Å². The molecule has 1 aliphatic carbocycles. The molecule has 0 heterocycles. The quantitative estimate of drug-likeness (QED) is 0.673. The predicted octanol–water partition coefficient (Wildman–Crippen LogP) is 2.04.